The molecule has 2 nitrogen and oxygen atoms in total. The lowest BCUT2D eigenvalue weighted by Gasteiger charge is -2.34. The predicted octanol–water partition coefficient (Wildman–Crippen LogP) is 2.98. The van der Waals surface area contributed by atoms with E-state index in [1.165, 1.54) is 17.5 Å². The largest absolute Gasteiger partial charge is 0.271 e. The van der Waals surface area contributed by atoms with Crippen molar-refractivity contribution in [3.05, 3.63) is 35.4 Å². The van der Waals surface area contributed by atoms with Gasteiger partial charge >= 0.3 is 0 Å². The zero-order valence-corrected chi connectivity index (χ0v) is 11.2. The monoisotopic (exact) mass is 232 g/mol. The molecule has 0 aliphatic heterocycles. The molecule has 1 aromatic carbocycles. The molecule has 0 spiro atoms. The summed E-state index contributed by atoms with van der Waals surface area (Å²) in [5.74, 6) is 6.38. The summed E-state index contributed by atoms with van der Waals surface area (Å²) in [4.78, 5) is 0. The number of hydrogen-bond acceptors (Lipinski definition) is 2. The van der Waals surface area contributed by atoms with Gasteiger partial charge in [-0.05, 0) is 41.7 Å². The van der Waals surface area contributed by atoms with Crippen molar-refractivity contribution in [2.45, 2.75) is 52.0 Å². The molecule has 3 N–H and O–H groups in total. The molecule has 2 heteroatoms. The second-order valence-electron chi connectivity index (χ2n) is 6.46. The van der Waals surface area contributed by atoms with E-state index in [1.807, 2.05) is 0 Å². The minimum absolute atomic E-state index is 0.334. The molecule has 0 saturated carbocycles. The highest BCUT2D eigenvalue weighted by Gasteiger charge is 2.29. The van der Waals surface area contributed by atoms with E-state index < -0.39 is 0 Å². The summed E-state index contributed by atoms with van der Waals surface area (Å²) in [6.45, 7) is 6.81. The number of hydrazine groups is 1. The lowest BCUT2D eigenvalue weighted by molar-refractivity contribution is 0.284. The summed E-state index contributed by atoms with van der Waals surface area (Å²) in [6, 6.07) is 9.19. The van der Waals surface area contributed by atoms with Gasteiger partial charge in [0.1, 0.15) is 0 Å². The molecule has 1 aromatic rings. The Hall–Kier alpha value is -0.860. The lowest BCUT2D eigenvalue weighted by atomic mass is 9.73. The van der Waals surface area contributed by atoms with Gasteiger partial charge in [0.05, 0.1) is 0 Å². The normalized spacial score (nSPS) is 20.6. The van der Waals surface area contributed by atoms with Gasteiger partial charge in [-0.1, -0.05) is 45.0 Å². The Kier molecular flexibility index (Phi) is 3.55. The molecule has 0 aromatic heterocycles. The number of hydrogen-bond donors (Lipinski definition) is 2. The first-order chi connectivity index (χ1) is 7.99. The average molecular weight is 232 g/mol. The van der Waals surface area contributed by atoms with Crippen LogP contribution in [0.1, 0.15) is 50.7 Å². The Morgan fingerprint density at radius 3 is 2.65 bits per heavy atom. The van der Waals surface area contributed by atoms with Crippen molar-refractivity contribution in [1.82, 2.24) is 5.43 Å². The maximum atomic E-state index is 5.68. The van der Waals surface area contributed by atoms with Gasteiger partial charge in [-0.15, -0.1) is 0 Å². The van der Waals surface area contributed by atoms with Crippen LogP contribution in [0.15, 0.2) is 24.3 Å². The van der Waals surface area contributed by atoms with Crippen LogP contribution in [-0.2, 0) is 6.42 Å². The van der Waals surface area contributed by atoms with Gasteiger partial charge < -0.3 is 0 Å². The molecule has 0 radical (unpaired) electrons. The Balaban J connectivity index is 1.94. The smallest absolute Gasteiger partial charge is 0.0221 e. The highest BCUT2D eigenvalue weighted by atomic mass is 15.2. The van der Waals surface area contributed by atoms with Crippen molar-refractivity contribution in [1.29, 1.82) is 0 Å². The molecule has 0 bridgehead atoms. The van der Waals surface area contributed by atoms with Crippen molar-refractivity contribution in [2.75, 3.05) is 0 Å². The molecule has 1 aliphatic carbocycles. The third-order valence-corrected chi connectivity index (χ3v) is 3.62. The maximum Gasteiger partial charge on any atom is 0.0221 e. The average Bonchev–Trinajstić information content (AvgIpc) is 2.22. The summed E-state index contributed by atoms with van der Waals surface area (Å²) in [7, 11) is 0. The molecule has 17 heavy (non-hydrogen) atoms. The van der Waals surface area contributed by atoms with E-state index in [2.05, 4.69) is 50.5 Å². The number of fused-ring (bicyclic) bond motifs is 1. The molecule has 2 unspecified atom stereocenters. The summed E-state index contributed by atoms with van der Waals surface area (Å²) in [6.07, 6.45) is 3.51. The summed E-state index contributed by atoms with van der Waals surface area (Å²) < 4.78 is 0. The summed E-state index contributed by atoms with van der Waals surface area (Å²) in [5.41, 5.74) is 6.37. The molecule has 2 atom stereocenters. The van der Waals surface area contributed by atoms with Crippen LogP contribution in [0.4, 0.5) is 0 Å². The Morgan fingerprint density at radius 1 is 1.35 bits per heavy atom. The Morgan fingerprint density at radius 2 is 2.06 bits per heavy atom. The molecule has 0 saturated heterocycles. The lowest BCUT2D eigenvalue weighted by Crippen LogP contribution is -2.40. The summed E-state index contributed by atoms with van der Waals surface area (Å²) in [5, 5.41) is 0. The SMILES string of the molecule is CC(C)(C)CC(CC1Cc2ccccc21)NN. The molecule has 1 aliphatic rings. The maximum absolute atomic E-state index is 5.68. The van der Waals surface area contributed by atoms with E-state index in [0.717, 1.165) is 12.8 Å². The highest BCUT2D eigenvalue weighted by Crippen LogP contribution is 2.39. The quantitative estimate of drug-likeness (QED) is 0.618. The van der Waals surface area contributed by atoms with Gasteiger partial charge in [0, 0.05) is 6.04 Å². The number of benzene rings is 1. The fourth-order valence-electron chi connectivity index (χ4n) is 2.87. The van der Waals surface area contributed by atoms with Crippen molar-refractivity contribution in [2.24, 2.45) is 11.3 Å². The van der Waals surface area contributed by atoms with Crippen LogP contribution in [0, 0.1) is 5.41 Å². The van der Waals surface area contributed by atoms with E-state index in [9.17, 15) is 0 Å². The Labute approximate surface area is 105 Å². The first-order valence-corrected chi connectivity index (χ1v) is 6.53. The van der Waals surface area contributed by atoms with E-state index >= 15 is 0 Å². The summed E-state index contributed by atoms with van der Waals surface area (Å²) >= 11 is 0. The van der Waals surface area contributed by atoms with Crippen molar-refractivity contribution in [3.8, 4) is 0 Å². The molecule has 0 amide bonds. The standard InChI is InChI=1S/C15H24N2/c1-15(2,3)10-13(17-16)9-12-8-11-6-4-5-7-14(11)12/h4-7,12-13,17H,8-10,16H2,1-3H3. The van der Waals surface area contributed by atoms with Crippen LogP contribution < -0.4 is 11.3 Å². The topological polar surface area (TPSA) is 38.0 Å². The minimum Gasteiger partial charge on any atom is -0.271 e. The van der Waals surface area contributed by atoms with Gasteiger partial charge in [0.25, 0.3) is 0 Å². The van der Waals surface area contributed by atoms with Crippen molar-refractivity contribution in [3.63, 3.8) is 0 Å². The molecule has 94 valence electrons. The van der Waals surface area contributed by atoms with Crippen LogP contribution in [0.2, 0.25) is 0 Å². The first-order valence-electron chi connectivity index (χ1n) is 6.53. The predicted molar refractivity (Wildman–Crippen MR) is 72.7 cm³/mol. The van der Waals surface area contributed by atoms with Crippen LogP contribution in [0.3, 0.4) is 0 Å². The van der Waals surface area contributed by atoms with Crippen molar-refractivity contribution < 1.29 is 0 Å². The van der Waals surface area contributed by atoms with Gasteiger partial charge in [-0.2, -0.15) is 0 Å². The fraction of sp³-hybridized carbons (Fsp3) is 0.600. The fourth-order valence-corrected chi connectivity index (χ4v) is 2.87. The van der Waals surface area contributed by atoms with E-state index in [4.69, 9.17) is 5.84 Å². The van der Waals surface area contributed by atoms with E-state index in [0.29, 0.717) is 17.4 Å². The van der Waals surface area contributed by atoms with Gasteiger partial charge in [0.15, 0.2) is 0 Å². The van der Waals surface area contributed by atoms with E-state index in [1.54, 1.807) is 0 Å². The first kappa shape index (κ1) is 12.6. The minimum atomic E-state index is 0.334. The van der Waals surface area contributed by atoms with Gasteiger partial charge in [-0.25, -0.2) is 0 Å². The van der Waals surface area contributed by atoms with Crippen LogP contribution in [0.25, 0.3) is 0 Å². The van der Waals surface area contributed by atoms with E-state index in [-0.39, 0.29) is 0 Å². The third kappa shape index (κ3) is 3.08. The van der Waals surface area contributed by atoms with Gasteiger partial charge in [-0.3, -0.25) is 11.3 Å². The molecular weight excluding hydrogens is 208 g/mol. The van der Waals surface area contributed by atoms with Crippen molar-refractivity contribution >= 4 is 0 Å². The molecule has 2 rings (SSSR count). The zero-order chi connectivity index (χ0) is 12.5. The molecule has 0 fully saturated rings. The van der Waals surface area contributed by atoms with Gasteiger partial charge in [0.2, 0.25) is 0 Å². The van der Waals surface area contributed by atoms with Crippen LogP contribution in [0.5, 0.6) is 0 Å². The number of nitrogens with one attached hydrogen (secondary N) is 1. The highest BCUT2D eigenvalue weighted by molar-refractivity contribution is 5.39. The second-order valence-corrected chi connectivity index (χ2v) is 6.46. The van der Waals surface area contributed by atoms with Crippen LogP contribution >= 0.6 is 0 Å². The molecule has 0 heterocycles. The number of rotatable bonds is 4. The van der Waals surface area contributed by atoms with Crippen LogP contribution in [-0.4, -0.2) is 6.04 Å². The second kappa shape index (κ2) is 4.79. The zero-order valence-electron chi connectivity index (χ0n) is 11.2. The Bertz CT molecular complexity index is 379. The third-order valence-electron chi connectivity index (χ3n) is 3.62. The number of nitrogens with two attached hydrogens (primary N) is 1. The molecular formula is C15H24N2.